The van der Waals surface area contributed by atoms with Crippen molar-refractivity contribution in [1.29, 1.82) is 0 Å². The molecule has 0 atom stereocenters. The molecule has 0 amide bonds. The van der Waals surface area contributed by atoms with E-state index in [-0.39, 0.29) is 5.41 Å². The normalized spacial score (nSPS) is 11.7. The number of halogens is 2. The maximum absolute atomic E-state index is 13.2. The average Bonchev–Trinajstić information content (AvgIpc) is 2.32. The minimum Gasteiger partial charge on any atom is -0.384 e. The van der Waals surface area contributed by atoms with Crippen LogP contribution >= 0.6 is 11.8 Å². The topological polar surface area (TPSA) is 51.8 Å². The van der Waals surface area contributed by atoms with Crippen molar-refractivity contribution in [2.24, 2.45) is 0 Å². The molecule has 1 aromatic heterocycles. The molecule has 106 valence electrons. The van der Waals surface area contributed by atoms with Crippen LogP contribution in [0.3, 0.4) is 0 Å². The van der Waals surface area contributed by atoms with Gasteiger partial charge in [0.1, 0.15) is 16.7 Å². The third kappa shape index (κ3) is 3.45. The lowest BCUT2D eigenvalue weighted by atomic mass is 9.96. The minimum absolute atomic E-state index is 0.237. The van der Waals surface area contributed by atoms with Gasteiger partial charge in [-0.1, -0.05) is 32.5 Å². The van der Waals surface area contributed by atoms with E-state index in [9.17, 15) is 8.78 Å². The second-order valence-corrected chi connectivity index (χ2v) is 6.48. The van der Waals surface area contributed by atoms with Crippen molar-refractivity contribution < 1.29 is 8.78 Å². The molecule has 3 nitrogen and oxygen atoms in total. The Kier molecular flexibility index (Phi) is 3.94. The van der Waals surface area contributed by atoms with Gasteiger partial charge in [0.15, 0.2) is 11.6 Å². The van der Waals surface area contributed by atoms with E-state index in [1.807, 2.05) is 20.8 Å². The molecule has 20 heavy (non-hydrogen) atoms. The van der Waals surface area contributed by atoms with E-state index < -0.39 is 11.6 Å². The fourth-order valence-electron chi connectivity index (χ4n) is 1.49. The number of rotatable bonds is 2. The second kappa shape index (κ2) is 5.36. The summed E-state index contributed by atoms with van der Waals surface area (Å²) in [5.41, 5.74) is 5.53. The second-order valence-electron chi connectivity index (χ2n) is 5.38. The van der Waals surface area contributed by atoms with Crippen molar-refractivity contribution in [3.63, 3.8) is 0 Å². The van der Waals surface area contributed by atoms with Crippen LogP contribution in [0.1, 0.15) is 26.6 Å². The summed E-state index contributed by atoms with van der Waals surface area (Å²) >= 11 is 1.22. The Labute approximate surface area is 120 Å². The predicted octanol–water partition coefficient (Wildman–Crippen LogP) is 3.79. The maximum Gasteiger partial charge on any atom is 0.159 e. The zero-order valence-electron chi connectivity index (χ0n) is 11.4. The molecule has 0 radical (unpaired) electrons. The Morgan fingerprint density at radius 2 is 1.75 bits per heavy atom. The summed E-state index contributed by atoms with van der Waals surface area (Å²) in [6.45, 7) is 5.94. The number of hydrogen-bond acceptors (Lipinski definition) is 4. The highest BCUT2D eigenvalue weighted by molar-refractivity contribution is 7.99. The molecule has 0 saturated heterocycles. The summed E-state index contributed by atoms with van der Waals surface area (Å²) in [7, 11) is 0. The number of hydrogen-bond donors (Lipinski definition) is 1. The Balaban J connectivity index is 2.33. The van der Waals surface area contributed by atoms with Crippen LogP contribution in [0.2, 0.25) is 0 Å². The van der Waals surface area contributed by atoms with Gasteiger partial charge in [-0.05, 0) is 18.2 Å². The summed E-state index contributed by atoms with van der Waals surface area (Å²) in [5.74, 6) is -0.780. The van der Waals surface area contributed by atoms with Crippen LogP contribution in [-0.4, -0.2) is 9.97 Å². The molecule has 0 aliphatic rings. The van der Waals surface area contributed by atoms with Gasteiger partial charge in [0.25, 0.3) is 0 Å². The van der Waals surface area contributed by atoms with Crippen molar-refractivity contribution in [1.82, 2.24) is 9.97 Å². The number of aromatic nitrogens is 2. The molecule has 2 aromatic rings. The van der Waals surface area contributed by atoms with E-state index >= 15 is 0 Å². The highest BCUT2D eigenvalue weighted by Crippen LogP contribution is 2.30. The van der Waals surface area contributed by atoms with Gasteiger partial charge in [-0.25, -0.2) is 18.7 Å². The van der Waals surface area contributed by atoms with Crippen LogP contribution in [0.4, 0.5) is 14.6 Å². The third-order valence-corrected chi connectivity index (χ3v) is 3.41. The van der Waals surface area contributed by atoms with Crippen molar-refractivity contribution in [3.8, 4) is 0 Å². The van der Waals surface area contributed by atoms with Crippen molar-refractivity contribution in [3.05, 3.63) is 41.7 Å². The fraction of sp³-hybridized carbons (Fsp3) is 0.286. The maximum atomic E-state index is 13.2. The Morgan fingerprint density at radius 1 is 1.05 bits per heavy atom. The van der Waals surface area contributed by atoms with Gasteiger partial charge in [0.2, 0.25) is 0 Å². The molecule has 0 aliphatic carbocycles. The molecule has 1 aromatic carbocycles. The number of anilines is 1. The van der Waals surface area contributed by atoms with Crippen LogP contribution in [0.5, 0.6) is 0 Å². The molecule has 6 heteroatoms. The monoisotopic (exact) mass is 295 g/mol. The molecule has 0 spiro atoms. The summed E-state index contributed by atoms with van der Waals surface area (Å²) < 4.78 is 26.1. The quantitative estimate of drug-likeness (QED) is 0.857. The molecule has 2 rings (SSSR count). The standard InChI is InChI=1S/C14H15F2N3S/c1-14(2,3)13-18-11(17)7-12(19-13)20-8-4-5-9(15)10(16)6-8/h4-7H,1-3H3,(H2,17,18,19). The van der Waals surface area contributed by atoms with E-state index in [0.29, 0.717) is 21.6 Å². The molecule has 0 fully saturated rings. The lowest BCUT2D eigenvalue weighted by molar-refractivity contribution is 0.506. The summed E-state index contributed by atoms with van der Waals surface area (Å²) in [5, 5.41) is 0.605. The molecule has 0 unspecified atom stereocenters. The van der Waals surface area contributed by atoms with Crippen LogP contribution in [0.25, 0.3) is 0 Å². The first kappa shape index (κ1) is 14.7. The van der Waals surface area contributed by atoms with E-state index in [4.69, 9.17) is 5.73 Å². The molecule has 0 bridgehead atoms. The number of nitrogen functional groups attached to an aromatic ring is 1. The fourth-order valence-corrected chi connectivity index (χ4v) is 2.34. The van der Waals surface area contributed by atoms with E-state index in [1.54, 1.807) is 6.07 Å². The van der Waals surface area contributed by atoms with Crippen molar-refractivity contribution in [2.45, 2.75) is 36.1 Å². The van der Waals surface area contributed by atoms with Crippen LogP contribution in [-0.2, 0) is 5.41 Å². The Hall–Kier alpha value is -1.69. The van der Waals surface area contributed by atoms with Crippen LogP contribution < -0.4 is 5.73 Å². The number of nitrogens with two attached hydrogens (primary N) is 1. The summed E-state index contributed by atoms with van der Waals surface area (Å²) in [6, 6.07) is 5.33. The molecule has 1 heterocycles. The molecular formula is C14H15F2N3S. The summed E-state index contributed by atoms with van der Waals surface area (Å²) in [6.07, 6.45) is 0. The van der Waals surface area contributed by atoms with Gasteiger partial charge in [-0.3, -0.25) is 0 Å². The lowest BCUT2D eigenvalue weighted by Gasteiger charge is -2.17. The SMILES string of the molecule is CC(C)(C)c1nc(N)cc(Sc2ccc(F)c(F)c2)n1. The molecule has 2 N–H and O–H groups in total. The van der Waals surface area contributed by atoms with E-state index in [2.05, 4.69) is 9.97 Å². The predicted molar refractivity (Wildman–Crippen MR) is 75.6 cm³/mol. The first-order valence-electron chi connectivity index (χ1n) is 6.03. The first-order chi connectivity index (χ1) is 9.25. The number of nitrogens with zero attached hydrogens (tertiary/aromatic N) is 2. The Bertz CT molecular complexity index is 639. The zero-order valence-corrected chi connectivity index (χ0v) is 12.3. The largest absolute Gasteiger partial charge is 0.384 e. The Morgan fingerprint density at radius 3 is 2.35 bits per heavy atom. The van der Waals surface area contributed by atoms with Crippen molar-refractivity contribution in [2.75, 3.05) is 5.73 Å². The lowest BCUT2D eigenvalue weighted by Crippen LogP contribution is -2.17. The first-order valence-corrected chi connectivity index (χ1v) is 6.85. The molecular weight excluding hydrogens is 280 g/mol. The van der Waals surface area contributed by atoms with E-state index in [1.165, 1.54) is 17.8 Å². The highest BCUT2D eigenvalue weighted by atomic mass is 32.2. The number of benzene rings is 1. The van der Waals surface area contributed by atoms with Gasteiger partial charge in [0.05, 0.1) is 0 Å². The van der Waals surface area contributed by atoms with Gasteiger partial charge in [-0.15, -0.1) is 0 Å². The van der Waals surface area contributed by atoms with Crippen molar-refractivity contribution >= 4 is 17.6 Å². The third-order valence-electron chi connectivity index (χ3n) is 2.51. The average molecular weight is 295 g/mol. The van der Waals surface area contributed by atoms with Gasteiger partial charge in [-0.2, -0.15) is 0 Å². The van der Waals surface area contributed by atoms with E-state index in [0.717, 1.165) is 12.1 Å². The van der Waals surface area contributed by atoms with Crippen LogP contribution in [0, 0.1) is 11.6 Å². The summed E-state index contributed by atoms with van der Waals surface area (Å²) in [4.78, 5) is 9.16. The zero-order chi connectivity index (χ0) is 14.9. The van der Waals surface area contributed by atoms with Crippen LogP contribution in [0.15, 0.2) is 34.2 Å². The van der Waals surface area contributed by atoms with Gasteiger partial charge in [0, 0.05) is 16.4 Å². The van der Waals surface area contributed by atoms with Gasteiger partial charge >= 0.3 is 0 Å². The van der Waals surface area contributed by atoms with Gasteiger partial charge < -0.3 is 5.73 Å². The minimum atomic E-state index is -0.881. The highest BCUT2D eigenvalue weighted by Gasteiger charge is 2.19. The smallest absolute Gasteiger partial charge is 0.159 e. The molecule has 0 saturated carbocycles. The molecule has 0 aliphatic heterocycles.